The van der Waals surface area contributed by atoms with E-state index >= 15 is 0 Å². The van der Waals surface area contributed by atoms with Gasteiger partial charge in [-0.3, -0.25) is 0 Å². The summed E-state index contributed by atoms with van der Waals surface area (Å²) in [6.45, 7) is 2.51. The van der Waals surface area contributed by atoms with Gasteiger partial charge in [0.1, 0.15) is 5.82 Å². The first-order valence-corrected chi connectivity index (χ1v) is 10.6. The predicted octanol–water partition coefficient (Wildman–Crippen LogP) is 5.21. The fraction of sp³-hybridized carbons (Fsp3) is 0.304. The van der Waals surface area contributed by atoms with Crippen LogP contribution in [-0.2, 0) is 17.8 Å². The lowest BCUT2D eigenvalue weighted by Crippen LogP contribution is -2.21. The molecule has 2 aromatic heterocycles. The van der Waals surface area contributed by atoms with Crippen LogP contribution < -0.4 is 0 Å². The Morgan fingerprint density at radius 2 is 1.83 bits per heavy atom. The Hall–Kier alpha value is -3.83. The summed E-state index contributed by atoms with van der Waals surface area (Å²) >= 11 is 0. The lowest BCUT2D eigenvalue weighted by molar-refractivity contribution is -0.192. The quantitative estimate of drug-likeness (QED) is 0.383. The molecule has 35 heavy (non-hydrogen) atoms. The third-order valence-electron chi connectivity index (χ3n) is 5.56. The van der Waals surface area contributed by atoms with Crippen LogP contribution in [0, 0.1) is 11.6 Å². The Bertz CT molecular complexity index is 1360. The molecule has 1 fully saturated rings. The zero-order valence-corrected chi connectivity index (χ0v) is 18.3. The molecule has 184 valence electrons. The van der Waals surface area contributed by atoms with Crippen molar-refractivity contribution in [2.75, 3.05) is 0 Å². The van der Waals surface area contributed by atoms with Crippen molar-refractivity contribution in [2.45, 2.75) is 44.3 Å². The summed E-state index contributed by atoms with van der Waals surface area (Å²) in [7, 11) is 0. The van der Waals surface area contributed by atoms with Crippen molar-refractivity contribution in [2.24, 2.45) is 0 Å². The van der Waals surface area contributed by atoms with Crippen LogP contribution in [0.15, 0.2) is 47.0 Å². The Morgan fingerprint density at radius 3 is 2.51 bits per heavy atom. The van der Waals surface area contributed by atoms with E-state index in [-0.39, 0.29) is 11.8 Å². The molecule has 0 radical (unpaired) electrons. The number of imidazole rings is 1. The monoisotopic (exact) mass is 494 g/mol. The number of rotatable bonds is 5. The van der Waals surface area contributed by atoms with E-state index in [1.54, 1.807) is 6.07 Å². The molecule has 0 aliphatic heterocycles. The highest BCUT2D eigenvalue weighted by molar-refractivity contribution is 5.76. The van der Waals surface area contributed by atoms with E-state index in [2.05, 4.69) is 26.6 Å². The molecule has 0 spiro atoms. The molecule has 1 N–H and O–H groups in total. The molecule has 0 bridgehead atoms. The average molecular weight is 494 g/mol. The summed E-state index contributed by atoms with van der Waals surface area (Å²) < 4.78 is 66.7. The highest BCUT2D eigenvalue weighted by atomic mass is 19.4. The minimum atomic E-state index is -5.08. The van der Waals surface area contributed by atoms with Gasteiger partial charge in [-0.2, -0.15) is 18.2 Å². The summed E-state index contributed by atoms with van der Waals surface area (Å²) in [6, 6.07) is 12.2. The molecule has 1 aliphatic carbocycles. The molecule has 0 saturated heterocycles. The number of carboxylic acids is 1. The molecule has 2 unspecified atom stereocenters. The highest BCUT2D eigenvalue weighted by Gasteiger charge is 2.45. The number of fused-ring (bicyclic) bond motifs is 1. The van der Waals surface area contributed by atoms with E-state index in [1.807, 2.05) is 24.3 Å². The number of carbonyl (C=O) groups is 1. The summed E-state index contributed by atoms with van der Waals surface area (Å²) in [5, 5.41) is 11.2. The molecule has 4 aromatic rings. The van der Waals surface area contributed by atoms with Gasteiger partial charge in [0.05, 0.1) is 17.6 Å². The summed E-state index contributed by atoms with van der Waals surface area (Å²) in [5.74, 6) is -2.57. The molecule has 5 rings (SSSR count). The van der Waals surface area contributed by atoms with Crippen LogP contribution in [0.2, 0.25) is 0 Å². The largest absolute Gasteiger partial charge is 0.490 e. The first kappa shape index (κ1) is 24.3. The number of nitrogens with zero attached hydrogens (tertiary/aromatic N) is 4. The molecular weight excluding hydrogens is 475 g/mol. The lowest BCUT2D eigenvalue weighted by Gasteiger charge is -2.04. The maximum atomic E-state index is 14.0. The second-order valence-corrected chi connectivity index (χ2v) is 7.90. The molecule has 2 atom stereocenters. The van der Waals surface area contributed by atoms with Gasteiger partial charge in [-0.1, -0.05) is 36.3 Å². The standard InChI is InChI=1S/C21H18F2N4O.C2HF3O2/c1-2-19-24-16-8-3-4-9-17(16)27(19)11-18-25-21(28-26-18)14-10-13(14)12-6-5-7-15(22)20(12)23;3-2(4,5)1(6)7/h3-9,13-14H,2,10-11H2,1H3;(H,6,7). The molecular formula is C23H19F5N4O3. The normalized spacial score (nSPS) is 17.2. The number of hydrogen-bond donors (Lipinski definition) is 1. The number of halogens is 5. The van der Waals surface area contributed by atoms with Crippen molar-refractivity contribution in [1.82, 2.24) is 19.7 Å². The van der Waals surface area contributed by atoms with Gasteiger partial charge in [0, 0.05) is 12.3 Å². The Labute approximate surface area is 195 Å². The lowest BCUT2D eigenvalue weighted by atomic mass is 10.1. The number of aliphatic carboxylic acids is 1. The van der Waals surface area contributed by atoms with E-state index in [4.69, 9.17) is 14.4 Å². The summed E-state index contributed by atoms with van der Waals surface area (Å²) in [6.07, 6.45) is -3.61. The van der Waals surface area contributed by atoms with E-state index in [0.717, 1.165) is 29.3 Å². The number of benzene rings is 2. The second-order valence-electron chi connectivity index (χ2n) is 7.90. The van der Waals surface area contributed by atoms with Gasteiger partial charge in [-0.05, 0) is 36.1 Å². The topological polar surface area (TPSA) is 94.0 Å². The van der Waals surface area contributed by atoms with Gasteiger partial charge in [0.2, 0.25) is 5.89 Å². The van der Waals surface area contributed by atoms with Gasteiger partial charge in [-0.15, -0.1) is 0 Å². The molecule has 12 heteroatoms. The Balaban J connectivity index is 0.000000364. The maximum absolute atomic E-state index is 14.0. The first-order chi connectivity index (χ1) is 16.6. The highest BCUT2D eigenvalue weighted by Crippen LogP contribution is 2.54. The summed E-state index contributed by atoms with van der Waals surface area (Å²) in [5.41, 5.74) is 2.34. The zero-order valence-electron chi connectivity index (χ0n) is 18.3. The Morgan fingerprint density at radius 1 is 1.11 bits per heavy atom. The van der Waals surface area contributed by atoms with Crippen LogP contribution in [0.4, 0.5) is 22.0 Å². The van der Waals surface area contributed by atoms with Crippen molar-refractivity contribution in [3.05, 3.63) is 77.2 Å². The van der Waals surface area contributed by atoms with Crippen molar-refractivity contribution in [3.63, 3.8) is 0 Å². The Kier molecular flexibility index (Phi) is 6.55. The number of aromatic nitrogens is 4. The van der Waals surface area contributed by atoms with Crippen molar-refractivity contribution in [3.8, 4) is 0 Å². The van der Waals surface area contributed by atoms with Crippen LogP contribution in [0.3, 0.4) is 0 Å². The maximum Gasteiger partial charge on any atom is 0.490 e. The number of carboxylic acid groups (broad SMARTS) is 1. The minimum absolute atomic E-state index is 0.0669. The third-order valence-corrected chi connectivity index (χ3v) is 5.56. The number of para-hydroxylation sites is 2. The molecule has 0 amide bonds. The number of aryl methyl sites for hydroxylation is 1. The molecule has 2 aromatic carbocycles. The number of alkyl halides is 3. The smallest absolute Gasteiger partial charge is 0.475 e. The van der Waals surface area contributed by atoms with Gasteiger partial charge in [-0.25, -0.2) is 18.6 Å². The fourth-order valence-corrected chi connectivity index (χ4v) is 3.81. The van der Waals surface area contributed by atoms with Crippen LogP contribution in [-0.4, -0.2) is 36.9 Å². The van der Waals surface area contributed by atoms with Gasteiger partial charge < -0.3 is 14.2 Å². The van der Waals surface area contributed by atoms with Crippen molar-refractivity contribution >= 4 is 17.0 Å². The zero-order chi connectivity index (χ0) is 25.3. The van der Waals surface area contributed by atoms with E-state index in [0.29, 0.717) is 30.2 Å². The predicted molar refractivity (Wildman–Crippen MR) is 113 cm³/mol. The van der Waals surface area contributed by atoms with E-state index in [1.165, 1.54) is 6.07 Å². The van der Waals surface area contributed by atoms with Crippen LogP contribution in [0.5, 0.6) is 0 Å². The SMILES string of the molecule is CCc1nc2ccccc2n1Cc1noc(C2CC2c2cccc(F)c2F)n1.O=C(O)C(F)(F)F. The molecule has 7 nitrogen and oxygen atoms in total. The third kappa shape index (κ3) is 5.15. The van der Waals surface area contributed by atoms with Crippen LogP contribution >= 0.6 is 0 Å². The van der Waals surface area contributed by atoms with Crippen LogP contribution in [0.1, 0.15) is 48.3 Å². The van der Waals surface area contributed by atoms with Gasteiger partial charge in [0.25, 0.3) is 0 Å². The molecule has 1 aliphatic rings. The summed E-state index contributed by atoms with van der Waals surface area (Å²) in [4.78, 5) is 18.1. The van der Waals surface area contributed by atoms with E-state index in [9.17, 15) is 22.0 Å². The van der Waals surface area contributed by atoms with Gasteiger partial charge >= 0.3 is 12.1 Å². The van der Waals surface area contributed by atoms with Crippen molar-refractivity contribution in [1.29, 1.82) is 0 Å². The second kappa shape index (κ2) is 9.43. The van der Waals surface area contributed by atoms with Crippen molar-refractivity contribution < 1.29 is 36.4 Å². The van der Waals surface area contributed by atoms with Gasteiger partial charge in [0.15, 0.2) is 17.5 Å². The average Bonchev–Trinajstić information content (AvgIpc) is 3.32. The molecule has 1 saturated carbocycles. The number of hydrogen-bond acceptors (Lipinski definition) is 5. The minimum Gasteiger partial charge on any atom is -0.475 e. The first-order valence-electron chi connectivity index (χ1n) is 10.6. The molecule has 2 heterocycles. The fourth-order valence-electron chi connectivity index (χ4n) is 3.81. The van der Waals surface area contributed by atoms with E-state index < -0.39 is 23.8 Å². The van der Waals surface area contributed by atoms with Crippen LogP contribution in [0.25, 0.3) is 11.0 Å².